The molecule has 0 spiro atoms. The molecule has 0 atom stereocenters. The third kappa shape index (κ3) is 4.07. The number of nitrogens with zero attached hydrogens (tertiary/aromatic N) is 2. The first-order chi connectivity index (χ1) is 12.2. The Morgan fingerprint density at radius 2 is 1.80 bits per heavy atom. The Hall–Kier alpha value is -3.08. The Bertz CT molecular complexity index is 839. The number of hydrogen-bond acceptors (Lipinski definition) is 4. The maximum Gasteiger partial charge on any atom is 0.358 e. The van der Waals surface area contributed by atoms with Crippen molar-refractivity contribution in [1.29, 1.82) is 0 Å². The van der Waals surface area contributed by atoms with E-state index in [1.54, 1.807) is 24.7 Å². The van der Waals surface area contributed by atoms with Gasteiger partial charge >= 0.3 is 5.97 Å². The van der Waals surface area contributed by atoms with Crippen molar-refractivity contribution in [1.82, 2.24) is 9.78 Å². The van der Waals surface area contributed by atoms with E-state index in [0.717, 1.165) is 22.6 Å². The summed E-state index contributed by atoms with van der Waals surface area (Å²) in [5, 5.41) is 4.21. The first-order valence-corrected chi connectivity index (χ1v) is 8.15. The molecule has 0 aliphatic rings. The number of hydrogen-bond donors (Lipinski definition) is 0. The van der Waals surface area contributed by atoms with Crippen LogP contribution in [0.1, 0.15) is 23.0 Å². The molecule has 0 saturated carbocycles. The van der Waals surface area contributed by atoms with Crippen molar-refractivity contribution in [3.63, 3.8) is 0 Å². The van der Waals surface area contributed by atoms with E-state index in [2.05, 4.69) is 5.10 Å². The molecule has 0 N–H and O–H groups in total. The number of aromatic nitrogens is 2. The molecule has 0 aliphatic heterocycles. The van der Waals surface area contributed by atoms with Gasteiger partial charge in [-0.2, -0.15) is 5.10 Å². The van der Waals surface area contributed by atoms with E-state index in [1.165, 1.54) is 0 Å². The van der Waals surface area contributed by atoms with Gasteiger partial charge in [-0.25, -0.2) is 4.79 Å². The molecule has 0 aliphatic carbocycles. The third-order valence-electron chi connectivity index (χ3n) is 3.76. The van der Waals surface area contributed by atoms with E-state index in [-0.39, 0.29) is 0 Å². The highest BCUT2D eigenvalue weighted by molar-refractivity contribution is 5.88. The zero-order valence-corrected chi connectivity index (χ0v) is 14.3. The normalized spacial score (nSPS) is 10.5. The average molecular weight is 336 g/mol. The molecule has 1 aromatic heterocycles. The van der Waals surface area contributed by atoms with Crippen LogP contribution in [-0.4, -0.2) is 22.4 Å². The van der Waals surface area contributed by atoms with Crippen molar-refractivity contribution in [2.45, 2.75) is 13.5 Å². The van der Waals surface area contributed by atoms with Crippen LogP contribution >= 0.6 is 0 Å². The number of ether oxygens (including phenoxy) is 2. The lowest BCUT2D eigenvalue weighted by Gasteiger charge is -2.07. The van der Waals surface area contributed by atoms with E-state index < -0.39 is 5.97 Å². The van der Waals surface area contributed by atoms with Crippen molar-refractivity contribution in [2.24, 2.45) is 7.05 Å². The summed E-state index contributed by atoms with van der Waals surface area (Å²) >= 11 is 0. The van der Waals surface area contributed by atoms with Gasteiger partial charge in [0, 0.05) is 12.6 Å². The first-order valence-electron chi connectivity index (χ1n) is 8.15. The highest BCUT2D eigenvalue weighted by Gasteiger charge is 2.14. The molecule has 128 valence electrons. The number of esters is 1. The van der Waals surface area contributed by atoms with E-state index in [0.29, 0.717) is 18.9 Å². The minimum absolute atomic E-state index is 0.309. The second-order valence-electron chi connectivity index (χ2n) is 5.56. The van der Waals surface area contributed by atoms with Crippen molar-refractivity contribution >= 4 is 5.97 Å². The van der Waals surface area contributed by atoms with Crippen LogP contribution in [0, 0.1) is 0 Å². The van der Waals surface area contributed by atoms with Crippen LogP contribution in [0.15, 0.2) is 60.7 Å². The zero-order valence-electron chi connectivity index (χ0n) is 14.3. The number of rotatable bonds is 6. The monoisotopic (exact) mass is 336 g/mol. The van der Waals surface area contributed by atoms with Gasteiger partial charge in [0.15, 0.2) is 5.69 Å². The summed E-state index contributed by atoms with van der Waals surface area (Å²) in [6.45, 7) is 2.63. The Morgan fingerprint density at radius 3 is 2.48 bits per heavy atom. The fraction of sp³-hybridized carbons (Fsp3) is 0.200. The van der Waals surface area contributed by atoms with Crippen LogP contribution in [0.3, 0.4) is 0 Å². The zero-order chi connectivity index (χ0) is 17.6. The van der Waals surface area contributed by atoms with Crippen molar-refractivity contribution < 1.29 is 14.3 Å². The molecule has 0 radical (unpaired) electrons. The van der Waals surface area contributed by atoms with Gasteiger partial charge in [0.2, 0.25) is 0 Å². The summed E-state index contributed by atoms with van der Waals surface area (Å²) in [4.78, 5) is 11.8. The summed E-state index contributed by atoms with van der Waals surface area (Å²) in [7, 11) is 1.80. The van der Waals surface area contributed by atoms with Crippen LogP contribution in [0.4, 0.5) is 0 Å². The highest BCUT2D eigenvalue weighted by Crippen LogP contribution is 2.23. The lowest BCUT2D eigenvalue weighted by Crippen LogP contribution is -2.05. The summed E-state index contributed by atoms with van der Waals surface area (Å²) in [6, 6.07) is 19.5. The van der Waals surface area contributed by atoms with Gasteiger partial charge in [-0.3, -0.25) is 4.68 Å². The van der Waals surface area contributed by atoms with Gasteiger partial charge in [-0.05, 0) is 42.8 Å². The lowest BCUT2D eigenvalue weighted by molar-refractivity contribution is 0.0518. The second-order valence-corrected chi connectivity index (χ2v) is 5.56. The van der Waals surface area contributed by atoms with Crippen molar-refractivity contribution in [3.05, 3.63) is 71.9 Å². The standard InChI is InChI=1S/C20H20N2O3/c1-3-24-20(23)18-13-19(22(2)21-18)16-9-11-17(12-10-16)25-14-15-7-5-4-6-8-15/h4-13H,3,14H2,1-2H3. The maximum absolute atomic E-state index is 11.8. The van der Waals surface area contributed by atoms with E-state index in [4.69, 9.17) is 9.47 Å². The maximum atomic E-state index is 11.8. The fourth-order valence-electron chi connectivity index (χ4n) is 2.51. The quantitative estimate of drug-likeness (QED) is 0.642. The number of aryl methyl sites for hydroxylation is 1. The van der Waals surface area contributed by atoms with E-state index in [1.807, 2.05) is 54.6 Å². The summed E-state index contributed by atoms with van der Waals surface area (Å²) in [5.41, 5.74) is 3.23. The summed E-state index contributed by atoms with van der Waals surface area (Å²) in [5.74, 6) is 0.382. The summed E-state index contributed by atoms with van der Waals surface area (Å²) < 4.78 is 12.5. The molecular formula is C20H20N2O3. The molecule has 3 rings (SSSR count). The smallest absolute Gasteiger partial charge is 0.358 e. The van der Waals surface area contributed by atoms with Crippen LogP contribution in [0.2, 0.25) is 0 Å². The molecule has 3 aromatic rings. The lowest BCUT2D eigenvalue weighted by atomic mass is 10.1. The molecule has 25 heavy (non-hydrogen) atoms. The van der Waals surface area contributed by atoms with E-state index >= 15 is 0 Å². The Morgan fingerprint density at radius 1 is 1.08 bits per heavy atom. The van der Waals surface area contributed by atoms with Crippen LogP contribution < -0.4 is 4.74 Å². The highest BCUT2D eigenvalue weighted by atomic mass is 16.5. The molecule has 1 heterocycles. The molecule has 0 saturated heterocycles. The number of benzene rings is 2. The predicted molar refractivity (Wildman–Crippen MR) is 95.4 cm³/mol. The molecule has 5 heteroatoms. The van der Waals surface area contributed by atoms with Crippen LogP contribution in [-0.2, 0) is 18.4 Å². The predicted octanol–water partition coefficient (Wildman–Crippen LogP) is 3.84. The molecule has 0 bridgehead atoms. The fourth-order valence-corrected chi connectivity index (χ4v) is 2.51. The van der Waals surface area contributed by atoms with Crippen molar-refractivity contribution in [2.75, 3.05) is 6.61 Å². The van der Waals surface area contributed by atoms with Gasteiger partial charge in [0.25, 0.3) is 0 Å². The Labute approximate surface area is 146 Å². The molecule has 0 amide bonds. The number of carbonyl (C=O) groups is 1. The molecule has 0 unspecified atom stereocenters. The van der Waals surface area contributed by atoms with Gasteiger partial charge in [0.1, 0.15) is 12.4 Å². The number of carbonyl (C=O) groups excluding carboxylic acids is 1. The summed E-state index contributed by atoms with van der Waals surface area (Å²) in [6.07, 6.45) is 0. The minimum atomic E-state index is -0.410. The molecular weight excluding hydrogens is 316 g/mol. The van der Waals surface area contributed by atoms with E-state index in [9.17, 15) is 4.79 Å². The van der Waals surface area contributed by atoms with Gasteiger partial charge in [-0.1, -0.05) is 30.3 Å². The van der Waals surface area contributed by atoms with Gasteiger partial charge in [0.05, 0.1) is 12.3 Å². The van der Waals surface area contributed by atoms with Gasteiger partial charge in [-0.15, -0.1) is 0 Å². The Balaban J connectivity index is 1.71. The Kier molecular flexibility index (Phi) is 5.14. The topological polar surface area (TPSA) is 53.4 Å². The minimum Gasteiger partial charge on any atom is -0.489 e. The average Bonchev–Trinajstić information content (AvgIpc) is 3.03. The van der Waals surface area contributed by atoms with Gasteiger partial charge < -0.3 is 9.47 Å². The molecule has 2 aromatic carbocycles. The molecule has 5 nitrogen and oxygen atoms in total. The largest absolute Gasteiger partial charge is 0.489 e. The van der Waals surface area contributed by atoms with Crippen LogP contribution in [0.5, 0.6) is 5.75 Å². The SMILES string of the molecule is CCOC(=O)c1cc(-c2ccc(OCc3ccccc3)cc2)n(C)n1. The van der Waals surface area contributed by atoms with Crippen molar-refractivity contribution in [3.8, 4) is 17.0 Å². The third-order valence-corrected chi connectivity index (χ3v) is 3.76. The van der Waals surface area contributed by atoms with Crippen LogP contribution in [0.25, 0.3) is 11.3 Å². The second kappa shape index (κ2) is 7.66. The first kappa shape index (κ1) is 16.8. The molecule has 0 fully saturated rings.